The molecule has 1 unspecified atom stereocenters. The van der Waals surface area contributed by atoms with Crippen molar-refractivity contribution >= 4 is 0 Å². The summed E-state index contributed by atoms with van der Waals surface area (Å²) in [5.74, 6) is 0. The van der Waals surface area contributed by atoms with Gasteiger partial charge in [0.2, 0.25) is 0 Å². The molecule has 210 valence electrons. The van der Waals surface area contributed by atoms with Crippen molar-refractivity contribution in [2.24, 2.45) is 0 Å². The molecule has 1 heteroatoms. The highest BCUT2D eigenvalue weighted by molar-refractivity contribution is 4.81. The Bertz CT molecular complexity index is 388. The molecule has 0 aliphatic carbocycles. The van der Waals surface area contributed by atoms with Crippen molar-refractivity contribution in [3.05, 3.63) is 12.2 Å². The molecule has 0 rings (SSSR count). The molecule has 0 spiro atoms. The van der Waals surface area contributed by atoms with Gasteiger partial charge in [-0.3, -0.25) is 0 Å². The van der Waals surface area contributed by atoms with Gasteiger partial charge >= 0.3 is 0 Å². The van der Waals surface area contributed by atoms with E-state index < -0.39 is 0 Å². The second-order valence-corrected chi connectivity index (χ2v) is 11.4. The lowest BCUT2D eigenvalue weighted by Crippen LogP contribution is -2.05. The zero-order valence-electron chi connectivity index (χ0n) is 24.7. The summed E-state index contributed by atoms with van der Waals surface area (Å²) in [6.07, 6.45) is 44.0. The van der Waals surface area contributed by atoms with E-state index in [-0.39, 0.29) is 6.10 Å². The van der Waals surface area contributed by atoms with Crippen molar-refractivity contribution in [3.8, 4) is 0 Å². The highest BCUT2D eigenvalue weighted by atomic mass is 16.3. The molecule has 1 N–H and O–H groups in total. The maximum Gasteiger partial charge on any atom is 0.0540 e. The molecule has 0 aromatic carbocycles. The van der Waals surface area contributed by atoms with Crippen LogP contribution in [0.5, 0.6) is 0 Å². The Morgan fingerprint density at radius 3 is 0.943 bits per heavy atom. The summed E-state index contributed by atoms with van der Waals surface area (Å²) in [5.41, 5.74) is 0. The summed E-state index contributed by atoms with van der Waals surface area (Å²) in [6, 6.07) is 0. The zero-order valence-corrected chi connectivity index (χ0v) is 24.7. The van der Waals surface area contributed by atoms with Gasteiger partial charge in [0, 0.05) is 0 Å². The predicted molar refractivity (Wildman–Crippen MR) is 160 cm³/mol. The topological polar surface area (TPSA) is 20.2 Å². The molecule has 0 aromatic rings. The Balaban J connectivity index is 3.18. The van der Waals surface area contributed by atoms with Crippen LogP contribution in [0.2, 0.25) is 0 Å². The summed E-state index contributed by atoms with van der Waals surface area (Å²) in [6.45, 7) is 4.58. The zero-order chi connectivity index (χ0) is 25.5. The van der Waals surface area contributed by atoms with Crippen molar-refractivity contribution in [1.82, 2.24) is 0 Å². The fourth-order valence-corrected chi connectivity index (χ4v) is 5.17. The van der Waals surface area contributed by atoms with Gasteiger partial charge in [0.05, 0.1) is 6.10 Å². The third-order valence-electron chi connectivity index (χ3n) is 7.69. The number of hydrogen-bond donors (Lipinski definition) is 1. The molecule has 0 saturated heterocycles. The van der Waals surface area contributed by atoms with Gasteiger partial charge < -0.3 is 5.11 Å². The number of unbranched alkanes of at least 4 members (excludes halogenated alkanes) is 24. The molecule has 0 aliphatic rings. The van der Waals surface area contributed by atoms with Gasteiger partial charge in [-0.2, -0.15) is 0 Å². The molecular formula is C34H68O. The van der Waals surface area contributed by atoms with Crippen LogP contribution in [0.25, 0.3) is 0 Å². The molecule has 1 atom stereocenters. The van der Waals surface area contributed by atoms with Crippen molar-refractivity contribution in [1.29, 1.82) is 0 Å². The fraction of sp³-hybridized carbons (Fsp3) is 0.941. The number of allylic oxidation sites excluding steroid dienone is 2. The normalized spacial score (nSPS) is 12.7. The first-order chi connectivity index (χ1) is 17.3. The average molecular weight is 493 g/mol. The second-order valence-electron chi connectivity index (χ2n) is 11.4. The van der Waals surface area contributed by atoms with Gasteiger partial charge in [0.1, 0.15) is 0 Å². The largest absolute Gasteiger partial charge is 0.393 e. The van der Waals surface area contributed by atoms with Gasteiger partial charge in [-0.05, 0) is 38.5 Å². The molecule has 0 fully saturated rings. The highest BCUT2D eigenvalue weighted by Gasteiger charge is 2.03. The highest BCUT2D eigenvalue weighted by Crippen LogP contribution is 2.16. The molecule has 35 heavy (non-hydrogen) atoms. The Morgan fingerprint density at radius 1 is 0.371 bits per heavy atom. The first-order valence-electron chi connectivity index (χ1n) is 16.6. The van der Waals surface area contributed by atoms with E-state index in [4.69, 9.17) is 0 Å². The average Bonchev–Trinajstić information content (AvgIpc) is 2.86. The molecule has 0 aromatic heterocycles. The Hall–Kier alpha value is -0.300. The minimum absolute atomic E-state index is 0.0421. The number of aliphatic hydroxyl groups is 1. The van der Waals surface area contributed by atoms with Crippen molar-refractivity contribution in [2.45, 2.75) is 206 Å². The van der Waals surface area contributed by atoms with E-state index >= 15 is 0 Å². The van der Waals surface area contributed by atoms with Crippen LogP contribution in [0.15, 0.2) is 12.2 Å². The Morgan fingerprint density at radius 2 is 0.629 bits per heavy atom. The quantitative estimate of drug-likeness (QED) is 0.0780. The number of aliphatic hydroxyl groups excluding tert-OH is 1. The standard InChI is InChI=1S/C34H68O/c1-3-5-7-9-11-13-15-17-18-19-21-23-25-27-29-31-33-34(35)32-30-28-26-24-22-20-16-14-12-10-8-6-4-2/h17-18,34-35H,3-16,19-33H2,1-2H3/b18-17-. The van der Waals surface area contributed by atoms with E-state index in [1.165, 1.54) is 173 Å². The summed E-state index contributed by atoms with van der Waals surface area (Å²) in [4.78, 5) is 0. The first-order valence-corrected chi connectivity index (χ1v) is 16.6. The minimum Gasteiger partial charge on any atom is -0.393 e. The molecular weight excluding hydrogens is 424 g/mol. The SMILES string of the molecule is CCCCCCCC/C=C\CCCCCCCCC(O)CCCCCCCCCCCCCCC. The minimum atomic E-state index is -0.0421. The van der Waals surface area contributed by atoms with E-state index in [0.29, 0.717) is 0 Å². The molecule has 0 amide bonds. The van der Waals surface area contributed by atoms with Crippen LogP contribution in [0.3, 0.4) is 0 Å². The van der Waals surface area contributed by atoms with Gasteiger partial charge in [0.15, 0.2) is 0 Å². The van der Waals surface area contributed by atoms with Gasteiger partial charge in [-0.1, -0.05) is 174 Å². The third-order valence-corrected chi connectivity index (χ3v) is 7.69. The van der Waals surface area contributed by atoms with Crippen LogP contribution >= 0.6 is 0 Å². The maximum atomic E-state index is 10.2. The second kappa shape index (κ2) is 31.7. The van der Waals surface area contributed by atoms with Crippen LogP contribution in [-0.4, -0.2) is 11.2 Å². The molecule has 0 heterocycles. The molecule has 0 radical (unpaired) electrons. The Labute approximate surface area is 223 Å². The molecule has 0 aliphatic heterocycles. The number of rotatable bonds is 30. The van der Waals surface area contributed by atoms with Gasteiger partial charge in [0.25, 0.3) is 0 Å². The molecule has 1 nitrogen and oxygen atoms in total. The summed E-state index contributed by atoms with van der Waals surface area (Å²) in [5, 5.41) is 10.2. The van der Waals surface area contributed by atoms with Crippen LogP contribution in [-0.2, 0) is 0 Å². The fourth-order valence-electron chi connectivity index (χ4n) is 5.17. The first kappa shape index (κ1) is 34.7. The summed E-state index contributed by atoms with van der Waals surface area (Å²) in [7, 11) is 0. The van der Waals surface area contributed by atoms with Crippen LogP contribution in [0.4, 0.5) is 0 Å². The maximum absolute atomic E-state index is 10.2. The van der Waals surface area contributed by atoms with E-state index in [2.05, 4.69) is 26.0 Å². The lowest BCUT2D eigenvalue weighted by molar-refractivity contribution is 0.147. The number of hydrogen-bond acceptors (Lipinski definition) is 1. The van der Waals surface area contributed by atoms with E-state index in [9.17, 15) is 5.11 Å². The van der Waals surface area contributed by atoms with E-state index in [1.54, 1.807) is 0 Å². The van der Waals surface area contributed by atoms with Crippen molar-refractivity contribution < 1.29 is 5.11 Å². The van der Waals surface area contributed by atoms with Gasteiger partial charge in [-0.25, -0.2) is 0 Å². The lowest BCUT2D eigenvalue weighted by atomic mass is 10.0. The Kier molecular flexibility index (Phi) is 31.5. The van der Waals surface area contributed by atoms with Crippen molar-refractivity contribution in [3.63, 3.8) is 0 Å². The van der Waals surface area contributed by atoms with Crippen LogP contribution in [0.1, 0.15) is 200 Å². The smallest absolute Gasteiger partial charge is 0.0540 e. The van der Waals surface area contributed by atoms with Gasteiger partial charge in [-0.15, -0.1) is 0 Å². The van der Waals surface area contributed by atoms with Crippen LogP contribution < -0.4 is 0 Å². The third kappa shape index (κ3) is 31.7. The summed E-state index contributed by atoms with van der Waals surface area (Å²) < 4.78 is 0. The summed E-state index contributed by atoms with van der Waals surface area (Å²) >= 11 is 0. The lowest BCUT2D eigenvalue weighted by Gasteiger charge is -2.10. The monoisotopic (exact) mass is 493 g/mol. The van der Waals surface area contributed by atoms with E-state index in [0.717, 1.165) is 12.8 Å². The molecule has 0 bridgehead atoms. The molecule has 0 saturated carbocycles. The van der Waals surface area contributed by atoms with Crippen LogP contribution in [0, 0.1) is 0 Å². The van der Waals surface area contributed by atoms with E-state index in [1.807, 2.05) is 0 Å². The van der Waals surface area contributed by atoms with Crippen molar-refractivity contribution in [2.75, 3.05) is 0 Å². The predicted octanol–water partition coefficient (Wildman–Crippen LogP) is 12.3.